The molecule has 0 saturated heterocycles. The lowest BCUT2D eigenvalue weighted by Gasteiger charge is -2.32. The molecule has 3 N–H and O–H groups in total. The number of ether oxygens (including phenoxy) is 1. The Kier molecular flexibility index (Phi) is 5.46. The van der Waals surface area contributed by atoms with E-state index in [4.69, 9.17) is 22.1 Å². The van der Waals surface area contributed by atoms with Gasteiger partial charge in [-0.15, -0.1) is 0 Å². The van der Waals surface area contributed by atoms with E-state index in [0.29, 0.717) is 28.5 Å². The number of esters is 1. The lowest BCUT2D eigenvalue weighted by molar-refractivity contribution is 0.0603. The Balaban J connectivity index is 1.69. The van der Waals surface area contributed by atoms with Gasteiger partial charge in [0.25, 0.3) is 0 Å². The summed E-state index contributed by atoms with van der Waals surface area (Å²) in [5.74, 6) is 0.635. The van der Waals surface area contributed by atoms with Gasteiger partial charge in [-0.3, -0.25) is 4.57 Å². The zero-order valence-corrected chi connectivity index (χ0v) is 20.5. The number of aromatic nitrogens is 2. The maximum absolute atomic E-state index is 13.2. The van der Waals surface area contributed by atoms with Gasteiger partial charge in [-0.2, -0.15) is 0 Å². The summed E-state index contributed by atoms with van der Waals surface area (Å²) >= 11 is 6.73. The van der Waals surface area contributed by atoms with Crippen molar-refractivity contribution in [2.45, 2.75) is 13.0 Å². The van der Waals surface area contributed by atoms with Crippen molar-refractivity contribution in [1.82, 2.24) is 9.55 Å². The van der Waals surface area contributed by atoms with E-state index in [1.165, 1.54) is 18.2 Å². The van der Waals surface area contributed by atoms with Gasteiger partial charge in [0.15, 0.2) is 0 Å². The van der Waals surface area contributed by atoms with Crippen LogP contribution < -0.4 is 10.6 Å². The number of nitrogens with one attached hydrogen (secondary N) is 1. The number of hydrogen-bond acceptors (Lipinski definition) is 4. The molecular weight excluding hydrogens is 472 g/mol. The second-order valence-electron chi connectivity index (χ2n) is 8.93. The lowest BCUT2D eigenvalue weighted by Crippen LogP contribution is -2.32. The zero-order chi connectivity index (χ0) is 24.8. The van der Waals surface area contributed by atoms with E-state index in [9.17, 15) is 4.79 Å². The topological polar surface area (TPSA) is 76.3 Å². The molecule has 0 saturated carbocycles. The number of nitrogens with two attached hydrogens (primary N) is 1. The third-order valence-electron chi connectivity index (χ3n) is 6.95. The van der Waals surface area contributed by atoms with Gasteiger partial charge in [-0.25, -0.2) is 4.79 Å². The molecule has 0 amide bonds. The molecule has 1 aliphatic rings. The molecule has 3 heterocycles. The van der Waals surface area contributed by atoms with E-state index in [1.807, 2.05) is 59.3 Å². The van der Waals surface area contributed by atoms with E-state index in [0.717, 1.165) is 40.9 Å². The first-order valence-corrected chi connectivity index (χ1v) is 12.2. The summed E-state index contributed by atoms with van der Waals surface area (Å²) in [4.78, 5) is 18.9. The normalized spacial score (nSPS) is 13.1. The van der Waals surface area contributed by atoms with Crippen molar-refractivity contribution >= 4 is 40.1 Å². The molecule has 1 aliphatic heterocycles. The number of H-pyrrole nitrogens is 1. The first-order valence-electron chi connectivity index (χ1n) is 11.8. The molecule has 7 heteroatoms. The Bertz CT molecular complexity index is 1620. The minimum Gasteiger partial charge on any atom is -0.465 e. The van der Waals surface area contributed by atoms with Gasteiger partial charge in [0.2, 0.25) is 0 Å². The Labute approximate surface area is 213 Å². The molecule has 0 fully saturated rings. The molecule has 36 heavy (non-hydrogen) atoms. The minimum atomic E-state index is -0.500. The monoisotopic (exact) mass is 496 g/mol. The van der Waals surface area contributed by atoms with Crippen molar-refractivity contribution in [3.05, 3.63) is 101 Å². The van der Waals surface area contributed by atoms with E-state index >= 15 is 0 Å². The van der Waals surface area contributed by atoms with Crippen LogP contribution in [0.25, 0.3) is 27.7 Å². The quantitative estimate of drug-likeness (QED) is 0.290. The molecular formula is C29H25ClN4O2. The second-order valence-corrected chi connectivity index (χ2v) is 9.33. The SMILES string of the molecule is COC(=O)c1c(-c2ccccc2Cl)c(N2CCc3ccccc3C2)n(-c2c[nH]c3ccccc23)c1N. The number of aromatic amines is 1. The summed E-state index contributed by atoms with van der Waals surface area (Å²) in [7, 11) is 1.37. The standard InChI is InChI=1S/C29H25ClN4O2/c1-36-29(35)26-25(20-10-4-6-12-22(20)30)28(33-15-14-18-8-2-3-9-19(18)17-33)34(27(26)31)24-16-32-23-13-7-5-11-21(23)24/h2-13,16,32H,14-15,17,31H2,1H3. The highest BCUT2D eigenvalue weighted by Crippen LogP contribution is 2.46. The molecule has 0 atom stereocenters. The summed E-state index contributed by atoms with van der Waals surface area (Å²) in [5, 5.41) is 1.54. The predicted molar refractivity (Wildman–Crippen MR) is 145 cm³/mol. The highest BCUT2D eigenvalue weighted by molar-refractivity contribution is 6.34. The van der Waals surface area contributed by atoms with Crippen molar-refractivity contribution in [2.24, 2.45) is 0 Å². The smallest absolute Gasteiger partial charge is 0.342 e. The van der Waals surface area contributed by atoms with Gasteiger partial charge in [0.1, 0.15) is 17.2 Å². The van der Waals surface area contributed by atoms with Crippen LogP contribution in [0.3, 0.4) is 0 Å². The second kappa shape index (κ2) is 8.81. The van der Waals surface area contributed by atoms with Crippen LogP contribution in [0.1, 0.15) is 21.5 Å². The number of anilines is 2. The first kappa shape index (κ1) is 22.3. The van der Waals surface area contributed by atoms with Crippen LogP contribution in [0.15, 0.2) is 79.0 Å². The Morgan fingerprint density at radius 3 is 2.53 bits per heavy atom. The molecule has 6 nitrogen and oxygen atoms in total. The van der Waals surface area contributed by atoms with Crippen molar-refractivity contribution in [2.75, 3.05) is 24.3 Å². The molecule has 0 radical (unpaired) electrons. The van der Waals surface area contributed by atoms with Crippen molar-refractivity contribution in [3.63, 3.8) is 0 Å². The van der Waals surface area contributed by atoms with Gasteiger partial charge >= 0.3 is 5.97 Å². The fourth-order valence-corrected chi connectivity index (χ4v) is 5.50. The molecule has 0 bridgehead atoms. The summed E-state index contributed by atoms with van der Waals surface area (Å²) in [6.45, 7) is 1.45. The molecule has 0 spiro atoms. The van der Waals surface area contributed by atoms with Crippen LogP contribution in [0.2, 0.25) is 5.02 Å². The highest BCUT2D eigenvalue weighted by atomic mass is 35.5. The van der Waals surface area contributed by atoms with Gasteiger partial charge < -0.3 is 20.4 Å². The molecule has 180 valence electrons. The lowest BCUT2D eigenvalue weighted by atomic mass is 9.98. The Morgan fingerprint density at radius 1 is 1.00 bits per heavy atom. The van der Waals surface area contributed by atoms with Crippen LogP contribution in [0, 0.1) is 0 Å². The number of para-hydroxylation sites is 1. The maximum Gasteiger partial charge on any atom is 0.342 e. The average molecular weight is 497 g/mol. The highest BCUT2D eigenvalue weighted by Gasteiger charge is 2.34. The van der Waals surface area contributed by atoms with Crippen LogP contribution in [-0.4, -0.2) is 29.2 Å². The number of nitrogen functional groups attached to an aromatic ring is 1. The van der Waals surface area contributed by atoms with Gasteiger partial charge in [-0.05, 0) is 29.7 Å². The Morgan fingerprint density at radius 2 is 1.72 bits per heavy atom. The molecule has 6 rings (SSSR count). The van der Waals surface area contributed by atoms with Crippen LogP contribution in [-0.2, 0) is 17.7 Å². The van der Waals surface area contributed by atoms with Crippen molar-refractivity contribution in [3.8, 4) is 16.8 Å². The van der Waals surface area contributed by atoms with Crippen LogP contribution in [0.4, 0.5) is 11.6 Å². The number of carbonyl (C=O) groups is 1. The Hall–Kier alpha value is -4.16. The molecule has 5 aromatic rings. The predicted octanol–water partition coefficient (Wildman–Crippen LogP) is 6.21. The van der Waals surface area contributed by atoms with Crippen LogP contribution in [0.5, 0.6) is 0 Å². The van der Waals surface area contributed by atoms with Crippen molar-refractivity contribution in [1.29, 1.82) is 0 Å². The maximum atomic E-state index is 13.2. The number of benzene rings is 3. The first-order chi connectivity index (χ1) is 17.6. The average Bonchev–Trinajstić information content (AvgIpc) is 3.46. The van der Waals surface area contributed by atoms with Gasteiger partial charge in [-0.1, -0.05) is 72.3 Å². The number of rotatable bonds is 4. The van der Waals surface area contributed by atoms with Gasteiger partial charge in [0.05, 0.1) is 12.8 Å². The number of carbonyl (C=O) groups excluding carboxylic acids is 1. The number of nitrogens with zero attached hydrogens (tertiary/aromatic N) is 2. The number of hydrogen-bond donors (Lipinski definition) is 2. The molecule has 3 aromatic carbocycles. The molecule has 0 unspecified atom stereocenters. The summed E-state index contributed by atoms with van der Waals surface area (Å²) < 4.78 is 7.20. The molecule has 2 aromatic heterocycles. The molecule has 0 aliphatic carbocycles. The summed E-state index contributed by atoms with van der Waals surface area (Å²) in [6, 6.07) is 24.0. The van der Waals surface area contributed by atoms with E-state index < -0.39 is 5.97 Å². The third kappa shape index (κ3) is 3.45. The van der Waals surface area contributed by atoms with Crippen molar-refractivity contribution < 1.29 is 9.53 Å². The number of halogens is 1. The largest absolute Gasteiger partial charge is 0.465 e. The number of fused-ring (bicyclic) bond motifs is 2. The zero-order valence-electron chi connectivity index (χ0n) is 19.8. The minimum absolute atomic E-state index is 0.310. The van der Waals surface area contributed by atoms with Gasteiger partial charge in [0, 0.05) is 46.3 Å². The summed E-state index contributed by atoms with van der Waals surface area (Å²) in [5.41, 5.74) is 13.0. The van der Waals surface area contributed by atoms with Crippen LogP contribution >= 0.6 is 11.6 Å². The van der Waals surface area contributed by atoms with E-state index in [1.54, 1.807) is 0 Å². The fraction of sp³-hybridized carbons (Fsp3) is 0.138. The third-order valence-corrected chi connectivity index (χ3v) is 7.28. The fourth-order valence-electron chi connectivity index (χ4n) is 5.27. The summed E-state index contributed by atoms with van der Waals surface area (Å²) in [6.07, 6.45) is 2.81. The number of methoxy groups -OCH3 is 1. The van der Waals surface area contributed by atoms with E-state index in [-0.39, 0.29) is 0 Å². The van der Waals surface area contributed by atoms with E-state index in [2.05, 4.69) is 34.1 Å².